The summed E-state index contributed by atoms with van der Waals surface area (Å²) in [4.78, 5) is 4.87. The molecule has 1 radical (unpaired) electrons. The van der Waals surface area contributed by atoms with Crippen LogP contribution in [0.4, 0.5) is 0 Å². The Balaban J connectivity index is 0.00000132. The van der Waals surface area contributed by atoms with E-state index in [0.29, 0.717) is 0 Å². The molecule has 0 fully saturated rings. The number of aromatic nitrogens is 1. The topological polar surface area (TPSA) is 12.9 Å². The molecule has 1 heterocycles. The minimum atomic E-state index is 0. The maximum absolute atomic E-state index is 4.87. The number of fused-ring (bicyclic) bond motifs is 3. The number of hydrogen-bond donors (Lipinski definition) is 0. The number of benzene rings is 3. The fourth-order valence-electron chi connectivity index (χ4n) is 2.63. The van der Waals surface area contributed by atoms with Crippen LogP contribution < -0.4 is 0 Å². The molecule has 103 valence electrons. The molecule has 0 N–H and O–H groups in total. The van der Waals surface area contributed by atoms with Crippen molar-refractivity contribution in [1.29, 1.82) is 0 Å². The van der Waals surface area contributed by atoms with Crippen LogP contribution in [0.5, 0.6) is 0 Å². The first kappa shape index (κ1) is 13.9. The molecule has 0 bridgehead atoms. The summed E-state index contributed by atoms with van der Waals surface area (Å²) in [6, 6.07) is 27.2. The largest absolute Gasteiger partial charge is 0.247 e. The summed E-state index contributed by atoms with van der Waals surface area (Å²) in [5.41, 5.74) is 3.25. The molecule has 0 aliphatic rings. The molecule has 0 atom stereocenters. The van der Waals surface area contributed by atoms with Crippen LogP contribution in [0.3, 0.4) is 0 Å². The molecule has 0 spiro atoms. The quantitative estimate of drug-likeness (QED) is 0.372. The van der Waals surface area contributed by atoms with Crippen LogP contribution in [0, 0.1) is 0 Å². The molecule has 4 rings (SSSR count). The van der Waals surface area contributed by atoms with Gasteiger partial charge in [-0.3, -0.25) is 0 Å². The minimum Gasteiger partial charge on any atom is -0.247 e. The summed E-state index contributed by atoms with van der Waals surface area (Å²) in [5.74, 6) is 0. The standard InChI is InChI=1S/C19H13N.Ir/c1-2-7-15(8-3-1)18-13-12-16-11-10-14-6-4-5-9-17(14)19(16)20-18;/h1-13H;. The van der Waals surface area contributed by atoms with Gasteiger partial charge in [0.25, 0.3) is 0 Å². The van der Waals surface area contributed by atoms with E-state index >= 15 is 0 Å². The Hall–Kier alpha value is -2.02. The number of hydrogen-bond acceptors (Lipinski definition) is 1. The van der Waals surface area contributed by atoms with Crippen molar-refractivity contribution in [2.75, 3.05) is 0 Å². The van der Waals surface area contributed by atoms with Crippen molar-refractivity contribution >= 4 is 21.7 Å². The Morgan fingerprint density at radius 2 is 1.24 bits per heavy atom. The van der Waals surface area contributed by atoms with Gasteiger partial charge in [-0.05, 0) is 11.5 Å². The van der Waals surface area contributed by atoms with E-state index in [2.05, 4.69) is 60.7 Å². The Morgan fingerprint density at radius 3 is 2.10 bits per heavy atom. The molecule has 2 heteroatoms. The van der Waals surface area contributed by atoms with E-state index < -0.39 is 0 Å². The molecule has 21 heavy (non-hydrogen) atoms. The molecule has 0 aliphatic carbocycles. The Bertz CT molecular complexity index is 901. The second-order valence-corrected chi connectivity index (χ2v) is 4.92. The Morgan fingerprint density at radius 1 is 0.571 bits per heavy atom. The van der Waals surface area contributed by atoms with Crippen molar-refractivity contribution in [3.63, 3.8) is 0 Å². The van der Waals surface area contributed by atoms with Gasteiger partial charge in [0.15, 0.2) is 0 Å². The zero-order valence-electron chi connectivity index (χ0n) is 11.3. The zero-order valence-corrected chi connectivity index (χ0v) is 13.7. The molecule has 0 amide bonds. The third kappa shape index (κ3) is 2.49. The van der Waals surface area contributed by atoms with Crippen LogP contribution in [-0.4, -0.2) is 4.98 Å². The predicted octanol–water partition coefficient (Wildman–Crippen LogP) is 5.05. The monoisotopic (exact) mass is 448 g/mol. The molecule has 0 unspecified atom stereocenters. The fourth-order valence-corrected chi connectivity index (χ4v) is 2.63. The summed E-state index contributed by atoms with van der Waals surface area (Å²) in [6.07, 6.45) is 0. The molecule has 1 aromatic heterocycles. The molecule has 0 aliphatic heterocycles. The van der Waals surface area contributed by atoms with Gasteiger partial charge in [0.1, 0.15) is 0 Å². The number of pyridine rings is 1. The summed E-state index contributed by atoms with van der Waals surface area (Å²) >= 11 is 0. The van der Waals surface area contributed by atoms with Gasteiger partial charge in [-0.25, -0.2) is 4.98 Å². The molecule has 0 saturated carbocycles. The molecular formula is C19H13IrN. The van der Waals surface area contributed by atoms with Crippen molar-refractivity contribution in [3.8, 4) is 11.3 Å². The Kier molecular flexibility index (Phi) is 3.83. The molecule has 1 nitrogen and oxygen atoms in total. The number of rotatable bonds is 1. The minimum absolute atomic E-state index is 0. The molecule has 4 aromatic rings. The van der Waals surface area contributed by atoms with Crippen molar-refractivity contribution in [2.45, 2.75) is 0 Å². The van der Waals surface area contributed by atoms with E-state index in [0.717, 1.165) is 16.8 Å². The van der Waals surface area contributed by atoms with Gasteiger partial charge >= 0.3 is 0 Å². The second-order valence-electron chi connectivity index (χ2n) is 4.92. The second kappa shape index (κ2) is 5.77. The SMILES string of the molecule is [Ir].c1ccc(-c2ccc3ccc4ccccc4c3n2)cc1. The average Bonchev–Trinajstić information content (AvgIpc) is 2.55. The normalized spacial score (nSPS) is 10.5. The van der Waals surface area contributed by atoms with Gasteiger partial charge in [0, 0.05) is 36.4 Å². The van der Waals surface area contributed by atoms with E-state index in [-0.39, 0.29) is 20.1 Å². The Labute approximate surface area is 137 Å². The first-order chi connectivity index (χ1) is 9.92. The van der Waals surface area contributed by atoms with Gasteiger partial charge in [-0.2, -0.15) is 0 Å². The summed E-state index contributed by atoms with van der Waals surface area (Å²) in [7, 11) is 0. The molecule has 3 aromatic carbocycles. The van der Waals surface area contributed by atoms with Gasteiger partial charge in [-0.15, -0.1) is 0 Å². The van der Waals surface area contributed by atoms with E-state index in [1.807, 2.05) is 18.2 Å². The van der Waals surface area contributed by atoms with E-state index in [9.17, 15) is 0 Å². The van der Waals surface area contributed by atoms with Crippen LogP contribution in [0.2, 0.25) is 0 Å². The van der Waals surface area contributed by atoms with E-state index in [1.165, 1.54) is 16.2 Å². The zero-order chi connectivity index (χ0) is 13.4. The van der Waals surface area contributed by atoms with Crippen molar-refractivity contribution < 1.29 is 20.1 Å². The van der Waals surface area contributed by atoms with Gasteiger partial charge < -0.3 is 0 Å². The van der Waals surface area contributed by atoms with Crippen LogP contribution in [0.1, 0.15) is 0 Å². The maximum Gasteiger partial charge on any atom is 0.0787 e. The van der Waals surface area contributed by atoms with E-state index in [1.54, 1.807) is 0 Å². The average molecular weight is 448 g/mol. The van der Waals surface area contributed by atoms with Crippen LogP contribution in [0.25, 0.3) is 32.9 Å². The van der Waals surface area contributed by atoms with Crippen LogP contribution in [-0.2, 0) is 20.1 Å². The smallest absolute Gasteiger partial charge is 0.0787 e. The van der Waals surface area contributed by atoms with Gasteiger partial charge in [-0.1, -0.05) is 72.8 Å². The van der Waals surface area contributed by atoms with Crippen molar-refractivity contribution in [3.05, 3.63) is 78.9 Å². The number of nitrogens with zero attached hydrogens (tertiary/aromatic N) is 1. The van der Waals surface area contributed by atoms with Crippen LogP contribution in [0.15, 0.2) is 78.9 Å². The fraction of sp³-hybridized carbons (Fsp3) is 0. The van der Waals surface area contributed by atoms with Crippen molar-refractivity contribution in [1.82, 2.24) is 4.98 Å². The van der Waals surface area contributed by atoms with Gasteiger partial charge in [0.2, 0.25) is 0 Å². The van der Waals surface area contributed by atoms with Crippen molar-refractivity contribution in [2.24, 2.45) is 0 Å². The summed E-state index contributed by atoms with van der Waals surface area (Å²) in [6.45, 7) is 0. The third-order valence-corrected chi connectivity index (χ3v) is 3.65. The summed E-state index contributed by atoms with van der Waals surface area (Å²) in [5, 5.41) is 3.63. The van der Waals surface area contributed by atoms with E-state index in [4.69, 9.17) is 4.98 Å². The molecular weight excluding hydrogens is 434 g/mol. The summed E-state index contributed by atoms with van der Waals surface area (Å²) < 4.78 is 0. The predicted molar refractivity (Wildman–Crippen MR) is 84.7 cm³/mol. The molecule has 0 saturated heterocycles. The third-order valence-electron chi connectivity index (χ3n) is 3.65. The van der Waals surface area contributed by atoms with Gasteiger partial charge in [0.05, 0.1) is 11.2 Å². The first-order valence-electron chi connectivity index (χ1n) is 6.76. The van der Waals surface area contributed by atoms with Crippen LogP contribution >= 0.6 is 0 Å². The first-order valence-corrected chi connectivity index (χ1v) is 6.76. The maximum atomic E-state index is 4.87.